The number of hydrogen-bond donors (Lipinski definition) is 1. The van der Waals surface area contributed by atoms with E-state index >= 15 is 0 Å². The summed E-state index contributed by atoms with van der Waals surface area (Å²) in [5, 5.41) is 9.47. The van der Waals surface area contributed by atoms with Crippen molar-refractivity contribution in [2.45, 2.75) is 142 Å². The van der Waals surface area contributed by atoms with E-state index in [1.165, 1.54) is 89.9 Å². The molecular formula is C32H56O6. The fraction of sp³-hybridized carbons (Fsp3) is 0.781. The van der Waals surface area contributed by atoms with Crippen LogP contribution >= 0.6 is 0 Å². The van der Waals surface area contributed by atoms with Crippen molar-refractivity contribution in [1.29, 1.82) is 0 Å². The lowest BCUT2D eigenvalue weighted by Crippen LogP contribution is -2.23. The molecule has 0 fully saturated rings. The summed E-state index contributed by atoms with van der Waals surface area (Å²) in [5.74, 6) is -4.10. The molecule has 0 aromatic heterocycles. The van der Waals surface area contributed by atoms with Gasteiger partial charge in [0.2, 0.25) is 0 Å². The van der Waals surface area contributed by atoms with Crippen LogP contribution in [0.1, 0.15) is 142 Å². The maximum Gasteiger partial charge on any atom is 0.335 e. The summed E-state index contributed by atoms with van der Waals surface area (Å²) in [4.78, 5) is 36.5. The molecule has 0 saturated heterocycles. The highest BCUT2D eigenvalue weighted by atomic mass is 16.5. The highest BCUT2D eigenvalue weighted by Crippen LogP contribution is 2.17. The summed E-state index contributed by atoms with van der Waals surface area (Å²) < 4.78 is 10.5. The smallest absolute Gasteiger partial charge is 0.335 e. The van der Waals surface area contributed by atoms with Gasteiger partial charge in [-0.2, -0.15) is 0 Å². The van der Waals surface area contributed by atoms with E-state index in [2.05, 4.69) is 20.4 Å². The first-order chi connectivity index (χ1) is 18.5. The van der Waals surface area contributed by atoms with Crippen LogP contribution in [0.4, 0.5) is 0 Å². The van der Waals surface area contributed by atoms with Gasteiger partial charge in [0.1, 0.15) is 5.92 Å². The average Bonchev–Trinajstić information content (AvgIpc) is 2.89. The number of carbonyl (C=O) groups excluding carboxylic acids is 2. The van der Waals surface area contributed by atoms with Crippen molar-refractivity contribution < 1.29 is 29.0 Å². The molecule has 0 radical (unpaired) electrons. The summed E-state index contributed by atoms with van der Waals surface area (Å²) in [7, 11) is 0. The van der Waals surface area contributed by atoms with E-state index in [4.69, 9.17) is 9.47 Å². The van der Waals surface area contributed by atoms with Crippen LogP contribution in [0.25, 0.3) is 0 Å². The second-order valence-corrected chi connectivity index (χ2v) is 10.3. The van der Waals surface area contributed by atoms with Gasteiger partial charge in [-0.15, -0.1) is 6.58 Å². The number of aliphatic carboxylic acids is 1. The normalized spacial score (nSPS) is 12.2. The van der Waals surface area contributed by atoms with E-state index < -0.39 is 23.8 Å². The van der Waals surface area contributed by atoms with E-state index in [0.29, 0.717) is 6.42 Å². The number of unbranched alkanes of at least 4 members (excludes halogenated alkanes) is 18. The molecule has 0 rings (SSSR count). The van der Waals surface area contributed by atoms with Crippen molar-refractivity contribution in [2.75, 3.05) is 13.2 Å². The number of hydrogen-bond acceptors (Lipinski definition) is 5. The van der Waals surface area contributed by atoms with E-state index in [1.807, 2.05) is 0 Å². The Balaban J connectivity index is 4.29. The van der Waals surface area contributed by atoms with E-state index in [-0.39, 0.29) is 18.8 Å². The predicted octanol–water partition coefficient (Wildman–Crippen LogP) is 8.73. The predicted molar refractivity (Wildman–Crippen MR) is 155 cm³/mol. The molecule has 0 aliphatic rings. The maximum absolute atomic E-state index is 12.6. The quantitative estimate of drug-likeness (QED) is 0.0488. The molecule has 220 valence electrons. The van der Waals surface area contributed by atoms with Crippen LogP contribution in [0.15, 0.2) is 24.3 Å². The molecular weight excluding hydrogens is 480 g/mol. The van der Waals surface area contributed by atoms with Crippen LogP contribution in [-0.2, 0) is 23.9 Å². The lowest BCUT2D eigenvalue weighted by Gasteiger charge is -2.12. The molecule has 1 N–H and O–H groups in total. The third-order valence-electron chi connectivity index (χ3n) is 6.82. The summed E-state index contributed by atoms with van der Waals surface area (Å²) in [6, 6.07) is 0. The fourth-order valence-corrected chi connectivity index (χ4v) is 4.41. The second-order valence-electron chi connectivity index (χ2n) is 10.3. The Kier molecular flexibility index (Phi) is 25.0. The lowest BCUT2D eigenvalue weighted by molar-refractivity contribution is -0.145. The number of carbonyl (C=O) groups is 3. The first-order valence-corrected chi connectivity index (χ1v) is 15.4. The van der Waals surface area contributed by atoms with Crippen LogP contribution < -0.4 is 0 Å². The number of carboxylic acid groups (broad SMARTS) is 1. The number of rotatable bonds is 27. The molecule has 1 atom stereocenters. The molecule has 6 heteroatoms. The van der Waals surface area contributed by atoms with E-state index in [0.717, 1.165) is 44.3 Å². The molecule has 0 aliphatic carbocycles. The first-order valence-electron chi connectivity index (χ1n) is 15.4. The molecule has 0 aromatic rings. The molecule has 1 unspecified atom stereocenters. The highest BCUT2D eigenvalue weighted by Gasteiger charge is 2.27. The van der Waals surface area contributed by atoms with Gasteiger partial charge in [-0.05, 0) is 12.8 Å². The van der Waals surface area contributed by atoms with Gasteiger partial charge in [-0.3, -0.25) is 4.79 Å². The van der Waals surface area contributed by atoms with Gasteiger partial charge in [0.05, 0.1) is 18.8 Å². The molecule has 0 aromatic carbocycles. The Hall–Kier alpha value is -2.11. The standard InChI is InChI=1S/C32H56O6/c1-4-7-9-11-13-15-17-19-21-23-25-37-30(33)27-29(28(6-3)31(34)35)32(36)38-26-24-22-20-18-16-14-12-10-8-5-2/h6,27-28H,3-5,7-26H2,1-2H3,(H,34,35)/b29-27+. The van der Waals surface area contributed by atoms with Gasteiger partial charge in [0.25, 0.3) is 0 Å². The zero-order valence-corrected chi connectivity index (χ0v) is 24.5. The highest BCUT2D eigenvalue weighted by molar-refractivity contribution is 6.01. The molecule has 0 saturated carbocycles. The van der Waals surface area contributed by atoms with Crippen LogP contribution in [0.5, 0.6) is 0 Å². The summed E-state index contributed by atoms with van der Waals surface area (Å²) in [6.07, 6.45) is 25.5. The number of ether oxygens (including phenoxy) is 2. The van der Waals surface area contributed by atoms with Gasteiger partial charge in [0, 0.05) is 6.08 Å². The van der Waals surface area contributed by atoms with Crippen LogP contribution in [0.2, 0.25) is 0 Å². The van der Waals surface area contributed by atoms with Crippen molar-refractivity contribution >= 4 is 17.9 Å². The third kappa shape index (κ3) is 20.9. The summed E-state index contributed by atoms with van der Waals surface area (Å²) in [5.41, 5.74) is -0.243. The monoisotopic (exact) mass is 536 g/mol. The van der Waals surface area contributed by atoms with Gasteiger partial charge in [-0.1, -0.05) is 135 Å². The van der Waals surface area contributed by atoms with Crippen molar-refractivity contribution in [3.63, 3.8) is 0 Å². The zero-order valence-electron chi connectivity index (χ0n) is 24.5. The zero-order chi connectivity index (χ0) is 28.3. The van der Waals surface area contributed by atoms with Crippen molar-refractivity contribution in [1.82, 2.24) is 0 Å². The topological polar surface area (TPSA) is 89.9 Å². The Morgan fingerprint density at radius 1 is 0.632 bits per heavy atom. The van der Waals surface area contributed by atoms with Gasteiger partial charge < -0.3 is 14.6 Å². The summed E-state index contributed by atoms with van der Waals surface area (Å²) >= 11 is 0. The fourth-order valence-electron chi connectivity index (χ4n) is 4.41. The van der Waals surface area contributed by atoms with Crippen LogP contribution in [0, 0.1) is 5.92 Å². The Labute approximate surface area is 232 Å². The third-order valence-corrected chi connectivity index (χ3v) is 6.82. The minimum Gasteiger partial charge on any atom is -0.481 e. The molecule has 0 amide bonds. The SMILES string of the molecule is C=CC(C(=O)O)/C(=C\C(=O)OCCCCCCCCCCCC)C(=O)OCCCCCCCCCCCC. The van der Waals surface area contributed by atoms with E-state index in [9.17, 15) is 19.5 Å². The second kappa shape index (κ2) is 26.5. The first kappa shape index (κ1) is 35.9. The minimum absolute atomic E-state index is 0.198. The van der Waals surface area contributed by atoms with Crippen LogP contribution in [0.3, 0.4) is 0 Å². The number of esters is 2. The van der Waals surface area contributed by atoms with Crippen LogP contribution in [-0.4, -0.2) is 36.2 Å². The van der Waals surface area contributed by atoms with Crippen molar-refractivity contribution in [3.05, 3.63) is 24.3 Å². The molecule has 6 nitrogen and oxygen atoms in total. The molecule has 38 heavy (non-hydrogen) atoms. The average molecular weight is 537 g/mol. The van der Waals surface area contributed by atoms with Crippen molar-refractivity contribution in [3.8, 4) is 0 Å². The minimum atomic E-state index is -1.32. The lowest BCUT2D eigenvalue weighted by atomic mass is 9.99. The summed E-state index contributed by atoms with van der Waals surface area (Å²) in [6.45, 7) is 8.39. The van der Waals surface area contributed by atoms with Gasteiger partial charge >= 0.3 is 17.9 Å². The Morgan fingerprint density at radius 3 is 1.37 bits per heavy atom. The largest absolute Gasteiger partial charge is 0.481 e. The molecule has 0 aliphatic heterocycles. The Bertz CT molecular complexity index is 654. The van der Waals surface area contributed by atoms with Crippen molar-refractivity contribution in [2.24, 2.45) is 5.92 Å². The molecule has 0 bridgehead atoms. The maximum atomic E-state index is 12.6. The molecule has 0 heterocycles. The van der Waals surface area contributed by atoms with Gasteiger partial charge in [-0.25, -0.2) is 9.59 Å². The molecule has 0 spiro atoms. The van der Waals surface area contributed by atoms with E-state index in [1.54, 1.807) is 0 Å². The number of carboxylic acids is 1. The Morgan fingerprint density at radius 2 is 1.00 bits per heavy atom. The van der Waals surface area contributed by atoms with Gasteiger partial charge in [0.15, 0.2) is 0 Å².